The molecule has 13 nitrogen and oxygen atoms in total. The van der Waals surface area contributed by atoms with Crippen molar-refractivity contribution in [1.29, 1.82) is 0 Å². The van der Waals surface area contributed by atoms with Crippen molar-refractivity contribution in [3.05, 3.63) is 82.9 Å². The first kappa shape index (κ1) is 25.6. The van der Waals surface area contributed by atoms with Crippen molar-refractivity contribution < 1.29 is 28.3 Å². The van der Waals surface area contributed by atoms with E-state index in [4.69, 9.17) is 33.9 Å². The number of carbonyl (C=O) groups excluding carboxylic acids is 3. The van der Waals surface area contributed by atoms with Crippen LogP contribution in [0.2, 0.25) is 5.02 Å². The summed E-state index contributed by atoms with van der Waals surface area (Å²) in [7, 11) is 0. The lowest BCUT2D eigenvalue weighted by Crippen LogP contribution is -2.71. The van der Waals surface area contributed by atoms with Crippen LogP contribution in [0.4, 0.5) is 19.7 Å². The SMILES string of the molecule is NOC(=O)c1cc(Oc2ccc(NC3N(N)C(=O)N(N)C(=O)N3Cc3ccc(Cl)cc3)cc2F)ccn1. The number of urea groups is 2. The molecule has 192 valence electrons. The van der Waals surface area contributed by atoms with Gasteiger partial charge in [-0.2, -0.15) is 10.9 Å². The summed E-state index contributed by atoms with van der Waals surface area (Å²) in [5.41, 5.74) is 0.702. The second-order valence-electron chi connectivity index (χ2n) is 7.64. The van der Waals surface area contributed by atoms with Gasteiger partial charge < -0.3 is 14.9 Å². The Balaban J connectivity index is 1.55. The van der Waals surface area contributed by atoms with Crippen molar-refractivity contribution in [2.75, 3.05) is 5.32 Å². The predicted molar refractivity (Wildman–Crippen MR) is 128 cm³/mol. The van der Waals surface area contributed by atoms with E-state index in [-0.39, 0.29) is 29.4 Å². The van der Waals surface area contributed by atoms with Gasteiger partial charge in [0.15, 0.2) is 17.3 Å². The number of amides is 4. The van der Waals surface area contributed by atoms with E-state index in [0.29, 0.717) is 20.6 Å². The van der Waals surface area contributed by atoms with Gasteiger partial charge in [-0.05, 0) is 35.9 Å². The molecule has 1 aliphatic heterocycles. The van der Waals surface area contributed by atoms with Crippen LogP contribution in [0.25, 0.3) is 0 Å². The largest absolute Gasteiger partial charge is 0.454 e. The molecule has 0 bridgehead atoms. The minimum Gasteiger partial charge on any atom is -0.454 e. The molecule has 2 heterocycles. The van der Waals surface area contributed by atoms with Gasteiger partial charge in [-0.25, -0.2) is 40.5 Å². The smallest absolute Gasteiger partial charge is 0.375 e. The van der Waals surface area contributed by atoms with Gasteiger partial charge >= 0.3 is 18.0 Å². The highest BCUT2D eigenvalue weighted by Gasteiger charge is 2.42. The van der Waals surface area contributed by atoms with Crippen molar-refractivity contribution in [3.63, 3.8) is 0 Å². The second kappa shape index (κ2) is 10.6. The molecule has 4 rings (SSSR count). The number of nitrogens with zero attached hydrogens (tertiary/aromatic N) is 4. The maximum atomic E-state index is 14.9. The van der Waals surface area contributed by atoms with Crippen molar-refractivity contribution in [1.82, 2.24) is 19.9 Å². The molecule has 4 amide bonds. The standard InChI is InChI=1S/C22H20ClFN8O5/c23-13-3-1-12(2-4-13)11-30-20(31(25)22(35)32(26)21(30)34)29-14-5-6-18(16(24)9-14)36-15-7-8-28-17(10-15)19(33)37-27/h1-10,20,29H,11,25-27H2. The van der Waals surface area contributed by atoms with Crippen LogP contribution in [0, 0.1) is 5.82 Å². The molecule has 2 aromatic carbocycles. The summed E-state index contributed by atoms with van der Waals surface area (Å²) < 4.78 is 20.4. The molecule has 3 aromatic rings. The Kier molecular flexibility index (Phi) is 7.35. The fourth-order valence-corrected chi connectivity index (χ4v) is 3.51. The number of carbonyl (C=O) groups is 3. The van der Waals surface area contributed by atoms with Gasteiger partial charge in [0.05, 0.1) is 6.54 Å². The van der Waals surface area contributed by atoms with Gasteiger partial charge in [0, 0.05) is 29.0 Å². The van der Waals surface area contributed by atoms with Crippen LogP contribution in [0.1, 0.15) is 16.1 Å². The summed E-state index contributed by atoms with van der Waals surface area (Å²) in [5, 5.41) is 4.43. The van der Waals surface area contributed by atoms with Crippen molar-refractivity contribution in [2.24, 2.45) is 17.6 Å². The van der Waals surface area contributed by atoms with Crippen LogP contribution in [0.5, 0.6) is 11.5 Å². The molecular weight excluding hydrogens is 511 g/mol. The number of pyridine rings is 1. The van der Waals surface area contributed by atoms with Crippen LogP contribution in [-0.4, -0.2) is 44.2 Å². The lowest BCUT2D eigenvalue weighted by Gasteiger charge is -2.43. The van der Waals surface area contributed by atoms with E-state index in [2.05, 4.69) is 15.1 Å². The van der Waals surface area contributed by atoms with E-state index >= 15 is 0 Å². The number of benzene rings is 2. The highest BCUT2D eigenvalue weighted by molar-refractivity contribution is 6.30. The van der Waals surface area contributed by atoms with E-state index in [0.717, 1.165) is 6.07 Å². The number of nitrogens with two attached hydrogens (primary N) is 3. The van der Waals surface area contributed by atoms with E-state index in [1.54, 1.807) is 24.3 Å². The molecule has 7 N–H and O–H groups in total. The predicted octanol–water partition coefficient (Wildman–Crippen LogP) is 2.50. The highest BCUT2D eigenvalue weighted by atomic mass is 35.5. The third-order valence-electron chi connectivity index (χ3n) is 5.21. The summed E-state index contributed by atoms with van der Waals surface area (Å²) in [4.78, 5) is 45.8. The second-order valence-corrected chi connectivity index (χ2v) is 8.08. The number of anilines is 1. The molecule has 0 radical (unpaired) electrons. The maximum absolute atomic E-state index is 14.9. The van der Waals surface area contributed by atoms with Gasteiger partial charge in [-0.1, -0.05) is 23.7 Å². The quantitative estimate of drug-likeness (QED) is 0.201. The van der Waals surface area contributed by atoms with Gasteiger partial charge in [0.2, 0.25) is 6.29 Å². The fourth-order valence-electron chi connectivity index (χ4n) is 3.39. The Morgan fingerprint density at radius 3 is 2.49 bits per heavy atom. The molecule has 0 saturated carbocycles. The lowest BCUT2D eigenvalue weighted by molar-refractivity contribution is 0.0375. The van der Waals surface area contributed by atoms with Gasteiger partial charge in [-0.15, -0.1) is 0 Å². The molecule has 1 saturated heterocycles. The summed E-state index contributed by atoms with van der Waals surface area (Å²) in [6, 6.07) is 11.3. The number of hydrogen-bond donors (Lipinski definition) is 4. The van der Waals surface area contributed by atoms with Crippen molar-refractivity contribution >= 4 is 35.3 Å². The van der Waals surface area contributed by atoms with Gasteiger partial charge in [-0.3, -0.25) is 4.90 Å². The Morgan fingerprint density at radius 2 is 1.81 bits per heavy atom. The molecule has 0 spiro atoms. The molecule has 1 aliphatic rings. The lowest BCUT2D eigenvalue weighted by atomic mass is 10.2. The molecule has 1 atom stereocenters. The average molecular weight is 531 g/mol. The Morgan fingerprint density at radius 1 is 1.08 bits per heavy atom. The third-order valence-corrected chi connectivity index (χ3v) is 5.46. The van der Waals surface area contributed by atoms with Gasteiger partial charge in [0.1, 0.15) is 5.75 Å². The Labute approximate surface area is 214 Å². The zero-order chi connectivity index (χ0) is 26.7. The molecule has 37 heavy (non-hydrogen) atoms. The number of hydrazine groups is 2. The van der Waals surface area contributed by atoms with Crippen LogP contribution in [0.15, 0.2) is 60.8 Å². The number of nitrogens with one attached hydrogen (secondary N) is 1. The first-order chi connectivity index (χ1) is 17.7. The van der Waals surface area contributed by atoms with Crippen molar-refractivity contribution in [3.8, 4) is 11.5 Å². The number of halogens is 2. The first-order valence-electron chi connectivity index (χ1n) is 10.5. The van der Waals surface area contributed by atoms with E-state index < -0.39 is 30.1 Å². The molecule has 1 aromatic heterocycles. The van der Waals surface area contributed by atoms with Gasteiger partial charge in [0.25, 0.3) is 0 Å². The maximum Gasteiger partial charge on any atom is 0.375 e. The Bertz CT molecular complexity index is 1340. The molecular formula is C22H20ClFN8O5. The van der Waals surface area contributed by atoms with Crippen LogP contribution >= 0.6 is 11.6 Å². The number of ether oxygens (including phenoxy) is 1. The summed E-state index contributed by atoms with van der Waals surface area (Å²) in [6.45, 7) is 0.00162. The van der Waals surface area contributed by atoms with Crippen LogP contribution < -0.4 is 27.6 Å². The minimum absolute atomic E-state index is 0.00162. The average Bonchev–Trinajstić information content (AvgIpc) is 2.90. The fraction of sp³-hybridized carbons (Fsp3) is 0.0909. The molecule has 1 unspecified atom stereocenters. The van der Waals surface area contributed by atoms with Crippen LogP contribution in [-0.2, 0) is 11.4 Å². The molecule has 0 aliphatic carbocycles. The number of imide groups is 1. The third kappa shape index (κ3) is 5.52. The van der Waals surface area contributed by atoms with Crippen molar-refractivity contribution in [2.45, 2.75) is 12.8 Å². The Hall–Kier alpha value is -4.50. The number of rotatable bonds is 7. The molecule has 15 heteroatoms. The topological polar surface area (TPSA) is 182 Å². The summed E-state index contributed by atoms with van der Waals surface area (Å²) in [5.74, 6) is 14.6. The summed E-state index contributed by atoms with van der Waals surface area (Å²) >= 11 is 5.92. The zero-order valence-electron chi connectivity index (χ0n) is 18.9. The van der Waals surface area contributed by atoms with E-state index in [1.807, 2.05) is 0 Å². The highest BCUT2D eigenvalue weighted by Crippen LogP contribution is 2.28. The normalized spacial score (nSPS) is 15.6. The minimum atomic E-state index is -1.22. The zero-order valence-corrected chi connectivity index (χ0v) is 19.6. The number of hydrogen-bond acceptors (Lipinski definition) is 10. The van der Waals surface area contributed by atoms with Crippen LogP contribution in [0.3, 0.4) is 0 Å². The van der Waals surface area contributed by atoms with E-state index in [9.17, 15) is 18.8 Å². The number of aromatic nitrogens is 1. The summed E-state index contributed by atoms with van der Waals surface area (Å²) in [6.07, 6.45) is 0.0462. The molecule has 1 fully saturated rings. The first-order valence-corrected chi connectivity index (χ1v) is 10.8. The monoisotopic (exact) mass is 530 g/mol. The van der Waals surface area contributed by atoms with E-state index in [1.165, 1.54) is 35.4 Å².